The fourth-order valence-corrected chi connectivity index (χ4v) is 2.93. The summed E-state index contributed by atoms with van der Waals surface area (Å²) in [6, 6.07) is 4.42. The van der Waals surface area contributed by atoms with Gasteiger partial charge in [-0.05, 0) is 47.4 Å². The Bertz CT molecular complexity index is 543. The molecule has 0 spiro atoms. The molecule has 1 fully saturated rings. The first-order chi connectivity index (χ1) is 8.24. The number of aromatic nitrogens is 2. The molecule has 1 aliphatic heterocycles. The van der Waals surface area contributed by atoms with E-state index in [1.165, 1.54) is 12.8 Å². The second kappa shape index (κ2) is 4.31. The summed E-state index contributed by atoms with van der Waals surface area (Å²) in [6.45, 7) is 1.13. The standard InChI is InChI=1S/C12H15BrN4/c13-12-10-6-8(14)3-5-17(10)11(16-12)7-9-2-1-4-15-9/h3,5-6,9,15H,1-2,4,7,14H2. The molecule has 2 aromatic rings. The normalized spacial score (nSPS) is 20.2. The van der Waals surface area contributed by atoms with Crippen molar-refractivity contribution in [1.29, 1.82) is 0 Å². The van der Waals surface area contributed by atoms with Crippen LogP contribution in [-0.2, 0) is 6.42 Å². The van der Waals surface area contributed by atoms with Crippen molar-refractivity contribution in [2.24, 2.45) is 0 Å². The number of nitrogen functional groups attached to an aromatic ring is 1. The van der Waals surface area contributed by atoms with E-state index >= 15 is 0 Å². The minimum Gasteiger partial charge on any atom is -0.399 e. The van der Waals surface area contributed by atoms with E-state index in [2.05, 4.69) is 30.6 Å². The first-order valence-electron chi connectivity index (χ1n) is 5.89. The molecule has 0 bridgehead atoms. The molecule has 17 heavy (non-hydrogen) atoms. The topological polar surface area (TPSA) is 55.4 Å². The lowest BCUT2D eigenvalue weighted by Gasteiger charge is -2.08. The number of nitrogens with two attached hydrogens (primary N) is 1. The Hall–Kier alpha value is -1.07. The number of nitrogens with zero attached hydrogens (tertiary/aromatic N) is 2. The summed E-state index contributed by atoms with van der Waals surface area (Å²) in [7, 11) is 0. The molecule has 3 heterocycles. The quantitative estimate of drug-likeness (QED) is 0.890. The highest BCUT2D eigenvalue weighted by Crippen LogP contribution is 2.22. The molecule has 1 aliphatic rings. The number of fused-ring (bicyclic) bond motifs is 1. The van der Waals surface area contributed by atoms with Crippen molar-refractivity contribution in [3.63, 3.8) is 0 Å². The molecule has 3 N–H and O–H groups in total. The minimum atomic E-state index is 0.560. The third-order valence-electron chi connectivity index (χ3n) is 3.29. The predicted molar refractivity (Wildman–Crippen MR) is 72.0 cm³/mol. The molecule has 0 amide bonds. The molecule has 0 radical (unpaired) electrons. The van der Waals surface area contributed by atoms with Gasteiger partial charge in [0.15, 0.2) is 0 Å². The highest BCUT2D eigenvalue weighted by molar-refractivity contribution is 9.10. The summed E-state index contributed by atoms with van der Waals surface area (Å²) >= 11 is 3.49. The fraction of sp³-hybridized carbons (Fsp3) is 0.417. The van der Waals surface area contributed by atoms with E-state index in [0.29, 0.717) is 6.04 Å². The van der Waals surface area contributed by atoms with Crippen LogP contribution in [-0.4, -0.2) is 22.0 Å². The summed E-state index contributed by atoms with van der Waals surface area (Å²) < 4.78 is 2.98. The van der Waals surface area contributed by atoms with Crippen molar-refractivity contribution in [1.82, 2.24) is 14.7 Å². The summed E-state index contributed by atoms with van der Waals surface area (Å²) in [5, 5.41) is 3.50. The van der Waals surface area contributed by atoms with Crippen LogP contribution in [0.2, 0.25) is 0 Å². The van der Waals surface area contributed by atoms with Gasteiger partial charge in [-0.3, -0.25) is 0 Å². The molecule has 5 heteroatoms. The number of anilines is 1. The highest BCUT2D eigenvalue weighted by Gasteiger charge is 2.18. The van der Waals surface area contributed by atoms with Crippen molar-refractivity contribution < 1.29 is 0 Å². The number of pyridine rings is 1. The second-order valence-corrected chi connectivity index (χ2v) is 5.28. The third kappa shape index (κ3) is 2.05. The minimum absolute atomic E-state index is 0.560. The van der Waals surface area contributed by atoms with Gasteiger partial charge < -0.3 is 15.5 Å². The monoisotopic (exact) mass is 294 g/mol. The Morgan fingerprint density at radius 1 is 1.59 bits per heavy atom. The lowest BCUT2D eigenvalue weighted by atomic mass is 10.1. The van der Waals surface area contributed by atoms with Crippen LogP contribution in [0.15, 0.2) is 22.9 Å². The zero-order chi connectivity index (χ0) is 11.8. The molecule has 1 atom stereocenters. The summed E-state index contributed by atoms with van der Waals surface area (Å²) in [5.74, 6) is 1.09. The van der Waals surface area contributed by atoms with Crippen molar-refractivity contribution >= 4 is 27.1 Å². The highest BCUT2D eigenvalue weighted by atomic mass is 79.9. The number of halogens is 1. The lowest BCUT2D eigenvalue weighted by molar-refractivity contribution is 0.584. The third-order valence-corrected chi connectivity index (χ3v) is 3.87. The van der Waals surface area contributed by atoms with Crippen LogP contribution in [0.5, 0.6) is 0 Å². The maximum absolute atomic E-state index is 5.79. The molecule has 2 aromatic heterocycles. The average Bonchev–Trinajstić information content (AvgIpc) is 2.89. The van der Waals surface area contributed by atoms with Crippen LogP contribution in [0.25, 0.3) is 5.52 Å². The Morgan fingerprint density at radius 3 is 3.24 bits per heavy atom. The maximum Gasteiger partial charge on any atom is 0.132 e. The Morgan fingerprint density at radius 2 is 2.47 bits per heavy atom. The van der Waals surface area contributed by atoms with Crippen LogP contribution in [0, 0.1) is 0 Å². The molecule has 3 rings (SSSR count). The summed E-state index contributed by atoms with van der Waals surface area (Å²) in [6.07, 6.45) is 5.47. The summed E-state index contributed by atoms with van der Waals surface area (Å²) in [4.78, 5) is 4.58. The molecule has 1 unspecified atom stereocenters. The van der Waals surface area contributed by atoms with Gasteiger partial charge in [-0.25, -0.2) is 4.98 Å². The lowest BCUT2D eigenvalue weighted by Crippen LogP contribution is -2.24. The predicted octanol–water partition coefficient (Wildman–Crippen LogP) is 1.97. The Labute approximate surface area is 108 Å². The number of hydrogen-bond acceptors (Lipinski definition) is 3. The van der Waals surface area contributed by atoms with Crippen LogP contribution < -0.4 is 11.1 Å². The molecule has 4 nitrogen and oxygen atoms in total. The molecule has 0 aliphatic carbocycles. The van der Waals surface area contributed by atoms with Gasteiger partial charge >= 0.3 is 0 Å². The van der Waals surface area contributed by atoms with E-state index in [9.17, 15) is 0 Å². The van der Waals surface area contributed by atoms with Crippen molar-refractivity contribution in [3.05, 3.63) is 28.8 Å². The fourth-order valence-electron chi connectivity index (χ4n) is 2.42. The average molecular weight is 295 g/mol. The zero-order valence-corrected chi connectivity index (χ0v) is 11.1. The largest absolute Gasteiger partial charge is 0.399 e. The SMILES string of the molecule is Nc1ccn2c(CC3CCCN3)nc(Br)c2c1. The number of nitrogens with one attached hydrogen (secondary N) is 1. The number of hydrogen-bond donors (Lipinski definition) is 2. The van der Waals surface area contributed by atoms with E-state index in [4.69, 9.17) is 5.73 Å². The van der Waals surface area contributed by atoms with Gasteiger partial charge in [0, 0.05) is 24.3 Å². The van der Waals surface area contributed by atoms with Gasteiger partial charge in [0.05, 0.1) is 5.52 Å². The van der Waals surface area contributed by atoms with Gasteiger partial charge in [-0.2, -0.15) is 0 Å². The maximum atomic E-state index is 5.79. The molecular formula is C12H15BrN4. The van der Waals surface area contributed by atoms with Crippen molar-refractivity contribution in [2.45, 2.75) is 25.3 Å². The second-order valence-electron chi connectivity index (χ2n) is 4.53. The first kappa shape index (κ1) is 11.0. The molecular weight excluding hydrogens is 280 g/mol. The van der Waals surface area contributed by atoms with E-state index < -0.39 is 0 Å². The molecule has 1 saturated heterocycles. The molecule has 0 saturated carbocycles. The van der Waals surface area contributed by atoms with Gasteiger partial charge in [0.25, 0.3) is 0 Å². The number of imidazole rings is 1. The van der Waals surface area contributed by atoms with Gasteiger partial charge in [-0.1, -0.05) is 0 Å². The van der Waals surface area contributed by atoms with Crippen LogP contribution in [0.1, 0.15) is 18.7 Å². The Kier molecular flexibility index (Phi) is 2.80. The van der Waals surface area contributed by atoms with E-state index in [0.717, 1.165) is 34.6 Å². The van der Waals surface area contributed by atoms with Gasteiger partial charge in [0.1, 0.15) is 10.4 Å². The summed E-state index contributed by atoms with van der Waals surface area (Å²) in [5.41, 5.74) is 7.60. The van der Waals surface area contributed by atoms with Gasteiger partial charge in [-0.15, -0.1) is 0 Å². The van der Waals surface area contributed by atoms with Crippen LogP contribution >= 0.6 is 15.9 Å². The molecule has 0 aromatic carbocycles. The van der Waals surface area contributed by atoms with Crippen LogP contribution in [0.4, 0.5) is 5.69 Å². The van der Waals surface area contributed by atoms with Gasteiger partial charge in [0.2, 0.25) is 0 Å². The molecule has 90 valence electrons. The smallest absolute Gasteiger partial charge is 0.132 e. The first-order valence-corrected chi connectivity index (χ1v) is 6.68. The van der Waals surface area contributed by atoms with Crippen molar-refractivity contribution in [2.75, 3.05) is 12.3 Å². The van der Waals surface area contributed by atoms with Crippen molar-refractivity contribution in [3.8, 4) is 0 Å². The zero-order valence-electron chi connectivity index (χ0n) is 9.49. The number of rotatable bonds is 2. The van der Waals surface area contributed by atoms with E-state index in [1.54, 1.807) is 0 Å². The Balaban J connectivity index is 1.98. The van der Waals surface area contributed by atoms with E-state index in [1.807, 2.05) is 18.3 Å². The van der Waals surface area contributed by atoms with E-state index in [-0.39, 0.29) is 0 Å². The van der Waals surface area contributed by atoms with Crippen LogP contribution in [0.3, 0.4) is 0 Å².